The number of rotatable bonds is 2. The molecular weight excluding hydrogens is 248 g/mol. The second-order valence-corrected chi connectivity index (χ2v) is 7.74. The van der Waals surface area contributed by atoms with Crippen molar-refractivity contribution < 1.29 is 0 Å². The maximum atomic E-state index is 11.8. The van der Waals surface area contributed by atoms with Crippen molar-refractivity contribution in [2.45, 2.75) is 71.1 Å². The van der Waals surface area contributed by atoms with Crippen molar-refractivity contribution >= 4 is 0 Å². The molecule has 0 spiro atoms. The molecule has 2 aliphatic carbocycles. The monoisotopic (exact) mass is 274 g/mol. The number of hydrogen-bond donors (Lipinski definition) is 1. The topological polar surface area (TPSA) is 45.8 Å². The quantitative estimate of drug-likeness (QED) is 0.887. The first-order valence-electron chi connectivity index (χ1n) is 8.04. The van der Waals surface area contributed by atoms with E-state index < -0.39 is 0 Å². The van der Waals surface area contributed by atoms with Crippen LogP contribution in [-0.2, 0) is 0 Å². The fourth-order valence-corrected chi connectivity index (χ4v) is 3.51. The third kappa shape index (κ3) is 2.97. The summed E-state index contributed by atoms with van der Waals surface area (Å²) in [7, 11) is 0. The van der Waals surface area contributed by atoms with Crippen LogP contribution in [0.25, 0.3) is 0 Å². The molecule has 2 saturated carbocycles. The van der Waals surface area contributed by atoms with Crippen LogP contribution in [0.15, 0.2) is 10.9 Å². The van der Waals surface area contributed by atoms with E-state index in [1.165, 1.54) is 38.5 Å². The summed E-state index contributed by atoms with van der Waals surface area (Å²) in [6, 6.07) is 1.70. The molecule has 0 saturated heterocycles. The van der Waals surface area contributed by atoms with Crippen molar-refractivity contribution in [2.75, 3.05) is 0 Å². The number of H-pyrrole nitrogens is 1. The largest absolute Gasteiger partial charge is 0.310 e. The van der Waals surface area contributed by atoms with Gasteiger partial charge in [0.25, 0.3) is 5.56 Å². The van der Waals surface area contributed by atoms with Gasteiger partial charge >= 0.3 is 0 Å². The predicted molar refractivity (Wildman–Crippen MR) is 81.0 cm³/mol. The molecule has 1 aromatic heterocycles. The van der Waals surface area contributed by atoms with Gasteiger partial charge in [0.1, 0.15) is 5.82 Å². The van der Waals surface area contributed by atoms with Gasteiger partial charge in [-0.25, -0.2) is 4.98 Å². The normalized spacial score (nSPS) is 27.6. The highest BCUT2D eigenvalue weighted by molar-refractivity contribution is 5.15. The Balaban J connectivity index is 1.73. The molecule has 0 atom stereocenters. The molecule has 0 aromatic carbocycles. The molecule has 1 aromatic rings. The van der Waals surface area contributed by atoms with Gasteiger partial charge in [-0.15, -0.1) is 0 Å². The lowest BCUT2D eigenvalue weighted by molar-refractivity contribution is 0.167. The lowest BCUT2D eigenvalue weighted by atomic mass is 9.69. The van der Waals surface area contributed by atoms with Gasteiger partial charge in [-0.1, -0.05) is 20.8 Å². The van der Waals surface area contributed by atoms with Crippen LogP contribution in [0.5, 0.6) is 0 Å². The summed E-state index contributed by atoms with van der Waals surface area (Å²) >= 11 is 0. The Kier molecular flexibility index (Phi) is 3.47. The minimum absolute atomic E-state index is 0.0369. The maximum Gasteiger partial charge on any atom is 0.251 e. The average molecular weight is 274 g/mol. The molecule has 0 aliphatic heterocycles. The van der Waals surface area contributed by atoms with Crippen LogP contribution < -0.4 is 5.56 Å². The van der Waals surface area contributed by atoms with Crippen molar-refractivity contribution in [1.82, 2.24) is 9.97 Å². The Labute approximate surface area is 121 Å². The van der Waals surface area contributed by atoms with Gasteiger partial charge in [-0.05, 0) is 49.9 Å². The molecule has 3 rings (SSSR count). The lowest BCUT2D eigenvalue weighted by Gasteiger charge is -2.36. The first kappa shape index (κ1) is 13.8. The van der Waals surface area contributed by atoms with Gasteiger partial charge in [0, 0.05) is 17.9 Å². The molecule has 0 radical (unpaired) electrons. The van der Waals surface area contributed by atoms with Crippen molar-refractivity contribution in [1.29, 1.82) is 0 Å². The van der Waals surface area contributed by atoms with Gasteiger partial charge in [-0.3, -0.25) is 4.79 Å². The summed E-state index contributed by atoms with van der Waals surface area (Å²) in [5.41, 5.74) is 1.47. The summed E-state index contributed by atoms with van der Waals surface area (Å²) in [5.74, 6) is 2.77. The van der Waals surface area contributed by atoms with E-state index in [4.69, 9.17) is 4.98 Å². The molecule has 0 amide bonds. The molecule has 0 unspecified atom stereocenters. The molecule has 1 heterocycles. The number of aromatic amines is 1. The van der Waals surface area contributed by atoms with Crippen LogP contribution in [-0.4, -0.2) is 9.97 Å². The summed E-state index contributed by atoms with van der Waals surface area (Å²) in [6.07, 6.45) is 7.24. The Morgan fingerprint density at radius 2 is 1.65 bits per heavy atom. The van der Waals surface area contributed by atoms with E-state index in [1.54, 1.807) is 6.07 Å². The lowest BCUT2D eigenvalue weighted by Crippen LogP contribution is -2.26. The summed E-state index contributed by atoms with van der Waals surface area (Å²) in [6.45, 7) is 7.02. The van der Waals surface area contributed by atoms with Gasteiger partial charge in [0.15, 0.2) is 0 Å². The fourth-order valence-electron chi connectivity index (χ4n) is 3.51. The molecule has 1 N–H and O–H groups in total. The molecule has 110 valence electrons. The third-order valence-corrected chi connectivity index (χ3v) is 5.11. The van der Waals surface area contributed by atoms with Gasteiger partial charge < -0.3 is 4.98 Å². The zero-order valence-corrected chi connectivity index (χ0v) is 12.9. The van der Waals surface area contributed by atoms with Crippen molar-refractivity contribution in [3.8, 4) is 0 Å². The van der Waals surface area contributed by atoms with E-state index in [1.807, 2.05) is 0 Å². The summed E-state index contributed by atoms with van der Waals surface area (Å²) in [4.78, 5) is 19.6. The molecule has 0 bridgehead atoms. The zero-order valence-electron chi connectivity index (χ0n) is 12.9. The number of aromatic nitrogens is 2. The minimum Gasteiger partial charge on any atom is -0.310 e. The van der Waals surface area contributed by atoms with E-state index >= 15 is 0 Å². The molecule has 3 nitrogen and oxygen atoms in total. The maximum absolute atomic E-state index is 11.8. The molecule has 2 fully saturated rings. The van der Waals surface area contributed by atoms with Crippen LogP contribution in [0.2, 0.25) is 0 Å². The number of nitrogens with one attached hydrogen (secondary N) is 1. The minimum atomic E-state index is 0.0369. The molecular formula is C17H26N2O. The number of nitrogens with zero attached hydrogens (tertiary/aromatic N) is 1. The van der Waals surface area contributed by atoms with Gasteiger partial charge in [0.2, 0.25) is 0 Å². The predicted octanol–water partition coefficient (Wildman–Crippen LogP) is 3.97. The van der Waals surface area contributed by atoms with Crippen molar-refractivity contribution in [3.05, 3.63) is 27.9 Å². The third-order valence-electron chi connectivity index (χ3n) is 5.11. The standard InChI is InChI=1S/C17H26N2O/c1-17(2,3)13-8-6-12(7-9-13)16-18-14(11-4-5-11)10-15(20)19-16/h10-13H,4-9H2,1-3H3,(H,18,19,20). The second kappa shape index (κ2) is 5.01. The molecule has 20 heavy (non-hydrogen) atoms. The summed E-state index contributed by atoms with van der Waals surface area (Å²) in [5, 5.41) is 0. The first-order valence-corrected chi connectivity index (χ1v) is 8.04. The van der Waals surface area contributed by atoms with Crippen LogP contribution >= 0.6 is 0 Å². The fraction of sp³-hybridized carbons (Fsp3) is 0.765. The highest BCUT2D eigenvalue weighted by Gasteiger charge is 2.32. The highest BCUT2D eigenvalue weighted by Crippen LogP contribution is 2.43. The van der Waals surface area contributed by atoms with E-state index in [0.717, 1.165) is 17.4 Å². The SMILES string of the molecule is CC(C)(C)C1CCC(c2nc(C3CC3)cc(=O)[nH]2)CC1. The average Bonchev–Trinajstić information content (AvgIpc) is 3.21. The Morgan fingerprint density at radius 1 is 1.05 bits per heavy atom. The van der Waals surface area contributed by atoms with Crippen LogP contribution in [0.1, 0.15) is 82.7 Å². The Hall–Kier alpha value is -1.12. The zero-order chi connectivity index (χ0) is 14.3. The van der Waals surface area contributed by atoms with E-state index in [2.05, 4.69) is 25.8 Å². The Bertz CT molecular complexity index is 529. The summed E-state index contributed by atoms with van der Waals surface area (Å²) < 4.78 is 0. The second-order valence-electron chi connectivity index (χ2n) is 7.74. The van der Waals surface area contributed by atoms with Gasteiger partial charge in [0.05, 0.1) is 5.69 Å². The van der Waals surface area contributed by atoms with Gasteiger partial charge in [-0.2, -0.15) is 0 Å². The van der Waals surface area contributed by atoms with Crippen LogP contribution in [0, 0.1) is 11.3 Å². The number of hydrogen-bond acceptors (Lipinski definition) is 2. The first-order chi connectivity index (χ1) is 9.43. The van der Waals surface area contributed by atoms with E-state index in [0.29, 0.717) is 17.3 Å². The van der Waals surface area contributed by atoms with E-state index in [9.17, 15) is 4.79 Å². The van der Waals surface area contributed by atoms with Crippen molar-refractivity contribution in [3.63, 3.8) is 0 Å². The Morgan fingerprint density at radius 3 is 2.20 bits per heavy atom. The smallest absolute Gasteiger partial charge is 0.251 e. The highest BCUT2D eigenvalue weighted by atomic mass is 16.1. The van der Waals surface area contributed by atoms with Crippen LogP contribution in [0.3, 0.4) is 0 Å². The molecule has 3 heteroatoms. The van der Waals surface area contributed by atoms with E-state index in [-0.39, 0.29) is 5.56 Å². The molecule has 2 aliphatic rings. The van der Waals surface area contributed by atoms with Crippen molar-refractivity contribution in [2.24, 2.45) is 11.3 Å². The van der Waals surface area contributed by atoms with Crippen LogP contribution in [0.4, 0.5) is 0 Å².